The van der Waals surface area contributed by atoms with Gasteiger partial charge in [-0.15, -0.1) is 0 Å². The zero-order valence-electron chi connectivity index (χ0n) is 13.9. The van der Waals surface area contributed by atoms with Crippen LogP contribution in [0.3, 0.4) is 0 Å². The third-order valence-electron chi connectivity index (χ3n) is 4.55. The summed E-state index contributed by atoms with van der Waals surface area (Å²) in [7, 11) is 0. The van der Waals surface area contributed by atoms with E-state index in [1.165, 1.54) is 0 Å². The van der Waals surface area contributed by atoms with Crippen LogP contribution in [0.4, 0.5) is 0 Å². The van der Waals surface area contributed by atoms with Gasteiger partial charge < -0.3 is 29.5 Å². The van der Waals surface area contributed by atoms with Crippen molar-refractivity contribution in [2.45, 2.75) is 90.1 Å². The van der Waals surface area contributed by atoms with Gasteiger partial charge in [0.05, 0.1) is 5.60 Å². The van der Waals surface area contributed by atoms with E-state index in [1.807, 2.05) is 0 Å². The van der Waals surface area contributed by atoms with Gasteiger partial charge in [-0.3, -0.25) is 0 Å². The van der Waals surface area contributed by atoms with Crippen LogP contribution in [-0.2, 0) is 14.2 Å². The predicted molar refractivity (Wildman–Crippen MR) is 75.4 cm³/mol. The van der Waals surface area contributed by atoms with Gasteiger partial charge in [0.2, 0.25) is 11.6 Å². The molecule has 0 bridgehead atoms. The summed E-state index contributed by atoms with van der Waals surface area (Å²) in [5.41, 5.74) is -1.32. The third kappa shape index (κ3) is 2.33. The molecule has 2 saturated heterocycles. The summed E-state index contributed by atoms with van der Waals surface area (Å²) in [5.74, 6) is -3.15. The maximum absolute atomic E-state index is 10.7. The molecule has 0 aliphatic carbocycles. The molecule has 6 nitrogen and oxygen atoms in total. The Labute approximate surface area is 126 Å². The molecule has 0 radical (unpaired) electrons. The van der Waals surface area contributed by atoms with Crippen molar-refractivity contribution in [1.82, 2.24) is 0 Å². The highest BCUT2D eigenvalue weighted by molar-refractivity contribution is 5.09. The highest BCUT2D eigenvalue weighted by Gasteiger charge is 2.70. The van der Waals surface area contributed by atoms with Gasteiger partial charge in [0, 0.05) is 0 Å². The molecule has 0 amide bonds. The second-order valence-electron chi connectivity index (χ2n) is 7.87. The van der Waals surface area contributed by atoms with E-state index < -0.39 is 47.0 Å². The summed E-state index contributed by atoms with van der Waals surface area (Å²) in [6.07, 6.45) is -3.60. The lowest BCUT2D eigenvalue weighted by Crippen LogP contribution is -2.81. The molecule has 124 valence electrons. The summed E-state index contributed by atoms with van der Waals surface area (Å²) >= 11 is 0. The van der Waals surface area contributed by atoms with Crippen LogP contribution in [0.5, 0.6) is 0 Å². The van der Waals surface area contributed by atoms with Gasteiger partial charge in [0.25, 0.3) is 0 Å². The van der Waals surface area contributed by atoms with E-state index in [-0.39, 0.29) is 0 Å². The van der Waals surface area contributed by atoms with Crippen LogP contribution >= 0.6 is 0 Å². The van der Waals surface area contributed by atoms with Gasteiger partial charge >= 0.3 is 0 Å². The maximum Gasteiger partial charge on any atom is 0.225 e. The van der Waals surface area contributed by atoms with Crippen molar-refractivity contribution in [3.8, 4) is 0 Å². The quantitative estimate of drug-likeness (QED) is 0.663. The minimum Gasteiger partial charge on any atom is -0.387 e. The summed E-state index contributed by atoms with van der Waals surface area (Å²) in [6, 6.07) is 0. The first-order valence-electron chi connectivity index (χ1n) is 7.41. The topological polar surface area (TPSA) is 88.4 Å². The lowest BCUT2D eigenvalue weighted by molar-refractivity contribution is -0.525. The lowest BCUT2D eigenvalue weighted by atomic mass is 9.78. The van der Waals surface area contributed by atoms with Crippen molar-refractivity contribution in [3.05, 3.63) is 0 Å². The SMILES string of the molecule is CC1OC2(OC(C)(C)C2O)C(C)OC1(O)C(O)C(C)(C)C. The molecule has 0 aromatic heterocycles. The number of ether oxygens (including phenoxy) is 3. The monoisotopic (exact) mass is 304 g/mol. The molecule has 0 saturated carbocycles. The van der Waals surface area contributed by atoms with E-state index in [9.17, 15) is 15.3 Å². The van der Waals surface area contributed by atoms with Gasteiger partial charge in [-0.2, -0.15) is 0 Å². The Morgan fingerprint density at radius 1 is 1.05 bits per heavy atom. The Bertz CT molecular complexity index is 417. The van der Waals surface area contributed by atoms with Crippen molar-refractivity contribution < 1.29 is 29.5 Å². The van der Waals surface area contributed by atoms with Crippen molar-refractivity contribution >= 4 is 0 Å². The Kier molecular flexibility index (Phi) is 3.77. The average molecular weight is 304 g/mol. The number of aliphatic hydroxyl groups excluding tert-OH is 2. The molecule has 2 fully saturated rings. The van der Waals surface area contributed by atoms with Gasteiger partial charge in [-0.1, -0.05) is 20.8 Å². The predicted octanol–water partition coefficient (Wildman–Crippen LogP) is 0.772. The minimum absolute atomic E-state index is 0.588. The van der Waals surface area contributed by atoms with Crippen LogP contribution in [0.1, 0.15) is 48.5 Å². The molecule has 2 heterocycles. The Morgan fingerprint density at radius 3 is 1.95 bits per heavy atom. The first-order chi connectivity index (χ1) is 9.27. The zero-order valence-corrected chi connectivity index (χ0v) is 13.9. The summed E-state index contributed by atoms with van der Waals surface area (Å²) < 4.78 is 17.2. The molecule has 2 aliphatic rings. The van der Waals surface area contributed by atoms with Gasteiger partial charge in [0.1, 0.15) is 24.4 Å². The van der Waals surface area contributed by atoms with Crippen LogP contribution in [0.2, 0.25) is 0 Å². The van der Waals surface area contributed by atoms with Crippen LogP contribution in [0.15, 0.2) is 0 Å². The molecule has 6 unspecified atom stereocenters. The van der Waals surface area contributed by atoms with E-state index in [0.29, 0.717) is 0 Å². The molecule has 3 N–H and O–H groups in total. The minimum atomic E-state index is -1.86. The van der Waals surface area contributed by atoms with Crippen LogP contribution < -0.4 is 0 Å². The number of hydrogen-bond donors (Lipinski definition) is 3. The Morgan fingerprint density at radius 2 is 1.57 bits per heavy atom. The van der Waals surface area contributed by atoms with E-state index >= 15 is 0 Å². The highest BCUT2D eigenvalue weighted by atomic mass is 16.8. The first-order valence-corrected chi connectivity index (χ1v) is 7.41. The molecule has 1 spiro atoms. The molecule has 6 atom stereocenters. The summed E-state index contributed by atoms with van der Waals surface area (Å²) in [5, 5.41) is 31.5. The largest absolute Gasteiger partial charge is 0.387 e. The average Bonchev–Trinajstić information content (AvgIpc) is 2.33. The second kappa shape index (κ2) is 4.63. The summed E-state index contributed by atoms with van der Waals surface area (Å²) in [6.45, 7) is 12.2. The lowest BCUT2D eigenvalue weighted by Gasteiger charge is -2.63. The smallest absolute Gasteiger partial charge is 0.225 e. The van der Waals surface area contributed by atoms with Crippen LogP contribution in [-0.4, -0.2) is 56.9 Å². The van der Waals surface area contributed by atoms with Crippen LogP contribution in [0, 0.1) is 5.41 Å². The fourth-order valence-electron chi connectivity index (χ4n) is 3.17. The molecule has 2 aliphatic heterocycles. The van der Waals surface area contributed by atoms with Gasteiger partial charge in [0.15, 0.2) is 0 Å². The highest BCUT2D eigenvalue weighted by Crippen LogP contribution is 2.51. The van der Waals surface area contributed by atoms with Gasteiger partial charge in [-0.25, -0.2) is 0 Å². The molecule has 6 heteroatoms. The first kappa shape index (κ1) is 17.1. The standard InChI is InChI=1S/C15H28O6/c1-8-14(18,10(16)12(3,4)5)19-9(2)15(20-8)11(17)13(6,7)21-15/h8-11,16-18H,1-7H3. The van der Waals surface area contributed by atoms with E-state index in [0.717, 1.165) is 0 Å². The second-order valence-corrected chi connectivity index (χ2v) is 7.87. The number of rotatable bonds is 1. The summed E-state index contributed by atoms with van der Waals surface area (Å²) in [4.78, 5) is 0. The normalized spacial score (nSPS) is 48.0. The van der Waals surface area contributed by atoms with Crippen molar-refractivity contribution in [1.29, 1.82) is 0 Å². The van der Waals surface area contributed by atoms with E-state index in [1.54, 1.807) is 48.5 Å². The molecular formula is C15H28O6. The zero-order chi connectivity index (χ0) is 16.4. The fraction of sp³-hybridized carbons (Fsp3) is 1.00. The van der Waals surface area contributed by atoms with E-state index in [4.69, 9.17) is 14.2 Å². The van der Waals surface area contributed by atoms with Crippen molar-refractivity contribution in [2.24, 2.45) is 5.41 Å². The molecule has 0 aromatic carbocycles. The van der Waals surface area contributed by atoms with Crippen molar-refractivity contribution in [3.63, 3.8) is 0 Å². The third-order valence-corrected chi connectivity index (χ3v) is 4.55. The Hall–Kier alpha value is -0.240. The number of aliphatic hydroxyl groups is 3. The fourth-order valence-corrected chi connectivity index (χ4v) is 3.17. The molecule has 2 rings (SSSR count). The molecule has 21 heavy (non-hydrogen) atoms. The molecular weight excluding hydrogens is 276 g/mol. The van der Waals surface area contributed by atoms with Gasteiger partial charge in [-0.05, 0) is 33.1 Å². The number of hydrogen-bond acceptors (Lipinski definition) is 6. The van der Waals surface area contributed by atoms with Crippen molar-refractivity contribution in [2.75, 3.05) is 0 Å². The van der Waals surface area contributed by atoms with E-state index in [2.05, 4.69) is 0 Å². The maximum atomic E-state index is 10.7. The molecule has 0 aromatic rings. The van der Waals surface area contributed by atoms with Crippen LogP contribution in [0.25, 0.3) is 0 Å². The Balaban J connectivity index is 2.25.